The molecule has 3 heterocycles. The second-order valence-electron chi connectivity index (χ2n) is 15.4. The molecule has 0 bridgehead atoms. The van der Waals surface area contributed by atoms with Gasteiger partial charge in [0.15, 0.2) is 8.32 Å². The van der Waals surface area contributed by atoms with Crippen LogP contribution in [0.2, 0.25) is 18.1 Å². The third kappa shape index (κ3) is 8.31. The summed E-state index contributed by atoms with van der Waals surface area (Å²) < 4.78 is 43.0. The zero-order valence-electron chi connectivity index (χ0n) is 29.7. The average molecular weight is 699 g/mol. The van der Waals surface area contributed by atoms with Crippen LogP contribution in [0.25, 0.3) is 22.2 Å². The molecule has 0 atom stereocenters. The Morgan fingerprint density at radius 1 is 0.958 bits per heavy atom. The molecule has 2 aliphatic rings. The lowest BCUT2D eigenvalue weighted by Crippen LogP contribution is -2.48. The van der Waals surface area contributed by atoms with Crippen molar-refractivity contribution in [3.05, 3.63) is 53.1 Å². The number of amides is 1. The minimum Gasteiger partial charge on any atom is -0.443 e. The smallest absolute Gasteiger partial charge is 0.419 e. The topological polar surface area (TPSA) is 119 Å². The molecule has 1 fully saturated rings. The molecule has 0 spiro atoms. The molecule has 0 saturated carbocycles. The number of nitrogens with zero attached hydrogens (tertiary/aromatic N) is 3. The van der Waals surface area contributed by atoms with Crippen molar-refractivity contribution in [3.8, 4) is 17.0 Å². The van der Waals surface area contributed by atoms with E-state index in [1.807, 2.05) is 18.2 Å². The number of carbonyl (C=O) groups is 2. The van der Waals surface area contributed by atoms with Crippen LogP contribution in [0, 0.1) is 0 Å². The first-order chi connectivity index (χ1) is 22.2. The summed E-state index contributed by atoms with van der Waals surface area (Å²) in [6.07, 6.45) is 0.364. The Morgan fingerprint density at radius 3 is 2.25 bits per heavy atom. The van der Waals surface area contributed by atoms with Gasteiger partial charge in [-0.3, -0.25) is 14.6 Å². The molecular weight excluding hydrogens is 649 g/mol. The molecule has 1 N–H and O–H groups in total. The Balaban J connectivity index is 1.40. The molecule has 0 radical (unpaired) electrons. The van der Waals surface area contributed by atoms with Gasteiger partial charge in [-0.15, -0.1) is 0 Å². The zero-order valence-corrected chi connectivity index (χ0v) is 31.5. The van der Waals surface area contributed by atoms with Crippen LogP contribution in [0.3, 0.4) is 0 Å². The van der Waals surface area contributed by atoms with E-state index in [1.165, 1.54) is 16.7 Å². The van der Waals surface area contributed by atoms with E-state index in [0.29, 0.717) is 27.9 Å². The Kier molecular flexibility index (Phi) is 9.94. The van der Waals surface area contributed by atoms with Gasteiger partial charge in [-0.05, 0) is 80.4 Å². The van der Waals surface area contributed by atoms with Gasteiger partial charge < -0.3 is 18.7 Å². The highest BCUT2D eigenvalue weighted by Gasteiger charge is 2.37. The molecule has 11 nitrogen and oxygen atoms in total. The van der Waals surface area contributed by atoms with Crippen molar-refractivity contribution in [1.29, 1.82) is 0 Å². The van der Waals surface area contributed by atoms with Gasteiger partial charge in [0, 0.05) is 63.4 Å². The molecule has 0 aliphatic carbocycles. The van der Waals surface area contributed by atoms with Crippen molar-refractivity contribution in [2.24, 2.45) is 0 Å². The Labute approximate surface area is 285 Å². The summed E-state index contributed by atoms with van der Waals surface area (Å²) in [5.74, 6) is -0.242. The van der Waals surface area contributed by atoms with Gasteiger partial charge >= 0.3 is 16.2 Å². The first kappa shape index (κ1) is 36.1. The van der Waals surface area contributed by atoms with E-state index in [4.69, 9.17) is 13.3 Å². The van der Waals surface area contributed by atoms with E-state index in [2.05, 4.69) is 55.0 Å². The van der Waals surface area contributed by atoms with E-state index in [9.17, 15) is 18.0 Å². The van der Waals surface area contributed by atoms with Crippen LogP contribution in [0.5, 0.6) is 5.75 Å². The maximum atomic E-state index is 13.7. The highest BCUT2D eigenvalue weighted by molar-refractivity contribution is 7.86. The molecule has 48 heavy (non-hydrogen) atoms. The Morgan fingerprint density at radius 2 is 1.62 bits per heavy atom. The third-order valence-electron chi connectivity index (χ3n) is 9.37. The van der Waals surface area contributed by atoms with Gasteiger partial charge in [-0.25, -0.2) is 9.36 Å². The fourth-order valence-electron chi connectivity index (χ4n) is 5.91. The summed E-state index contributed by atoms with van der Waals surface area (Å²) in [5.41, 5.74) is 2.71. The summed E-state index contributed by atoms with van der Waals surface area (Å²) in [7, 11) is -5.60. The van der Waals surface area contributed by atoms with Gasteiger partial charge in [0.2, 0.25) is 0 Å². The predicted octanol–water partition coefficient (Wildman–Crippen LogP) is 5.81. The fourth-order valence-corrected chi connectivity index (χ4v) is 7.39. The lowest BCUT2D eigenvalue weighted by Gasteiger charge is -2.38. The molecule has 13 heteroatoms. The van der Waals surface area contributed by atoms with Crippen LogP contribution >= 0.6 is 0 Å². The van der Waals surface area contributed by atoms with Crippen LogP contribution < -0.4 is 9.50 Å². The standard InChI is InChI=1S/C35H50N4O7SSi/c1-34(2,3)45-33(41)39-29-11-10-24(23-38-14-12-37(13-15-38)16-17-44-48(8,9)35(4,5)6)18-25(29)20-30(39)28-21-27(46-47(7,42)43)19-26-22-36-32(40)31(26)28/h10-11,18-21H,12-17,22-23H2,1-9H3,(H,36,40). The van der Waals surface area contributed by atoms with Crippen molar-refractivity contribution < 1.29 is 31.4 Å². The summed E-state index contributed by atoms with van der Waals surface area (Å²) in [4.78, 5) is 31.6. The number of aromatic nitrogens is 1. The molecular formula is C35H50N4O7SSi. The average Bonchev–Trinajstić information content (AvgIpc) is 3.51. The van der Waals surface area contributed by atoms with Gasteiger partial charge in [0.1, 0.15) is 11.4 Å². The summed E-state index contributed by atoms with van der Waals surface area (Å²) in [5, 5.41) is 3.81. The van der Waals surface area contributed by atoms with E-state index in [0.717, 1.165) is 63.1 Å². The first-order valence-electron chi connectivity index (χ1n) is 16.5. The third-order valence-corrected chi connectivity index (χ3v) is 14.4. The van der Waals surface area contributed by atoms with Gasteiger partial charge in [-0.1, -0.05) is 26.8 Å². The number of rotatable bonds is 9. The lowest BCUT2D eigenvalue weighted by molar-refractivity contribution is 0.0546. The van der Waals surface area contributed by atoms with Crippen molar-refractivity contribution in [2.75, 3.05) is 45.6 Å². The monoisotopic (exact) mass is 698 g/mol. The summed E-state index contributed by atoms with van der Waals surface area (Å²) >= 11 is 0. The molecule has 1 saturated heterocycles. The van der Waals surface area contributed by atoms with Gasteiger partial charge in [0.05, 0.1) is 23.0 Å². The van der Waals surface area contributed by atoms with Crippen molar-refractivity contribution in [1.82, 2.24) is 19.7 Å². The zero-order chi connectivity index (χ0) is 35.2. The lowest BCUT2D eigenvalue weighted by atomic mass is 9.99. The maximum absolute atomic E-state index is 13.7. The molecule has 2 aromatic carbocycles. The quantitative estimate of drug-likeness (QED) is 0.218. The second-order valence-corrected chi connectivity index (χ2v) is 21.8. The van der Waals surface area contributed by atoms with E-state index < -0.39 is 30.1 Å². The number of ether oxygens (including phenoxy) is 1. The number of hydrogen-bond acceptors (Lipinski definition) is 9. The van der Waals surface area contributed by atoms with Crippen LogP contribution in [0.4, 0.5) is 4.79 Å². The van der Waals surface area contributed by atoms with E-state index >= 15 is 0 Å². The molecule has 2 aliphatic heterocycles. The molecule has 3 aromatic rings. The highest BCUT2D eigenvalue weighted by atomic mass is 32.2. The normalized spacial score (nSPS) is 16.6. The summed E-state index contributed by atoms with van der Waals surface area (Å²) in [6, 6.07) is 10.9. The first-order valence-corrected chi connectivity index (χ1v) is 21.2. The molecule has 0 unspecified atom stereocenters. The van der Waals surface area contributed by atoms with Crippen molar-refractivity contribution >= 4 is 41.3 Å². The highest BCUT2D eigenvalue weighted by Crippen LogP contribution is 2.38. The molecule has 1 aromatic heterocycles. The van der Waals surface area contributed by atoms with E-state index in [-0.39, 0.29) is 23.2 Å². The van der Waals surface area contributed by atoms with Crippen molar-refractivity contribution in [3.63, 3.8) is 0 Å². The number of carbonyl (C=O) groups excluding carboxylic acids is 2. The second kappa shape index (κ2) is 13.2. The molecule has 5 rings (SSSR count). The van der Waals surface area contributed by atoms with Crippen LogP contribution in [-0.4, -0.2) is 94.3 Å². The fraction of sp³-hybridized carbons (Fsp3) is 0.543. The predicted molar refractivity (Wildman–Crippen MR) is 191 cm³/mol. The van der Waals surface area contributed by atoms with Gasteiger partial charge in [0.25, 0.3) is 5.91 Å². The maximum Gasteiger partial charge on any atom is 0.419 e. The van der Waals surface area contributed by atoms with Crippen LogP contribution in [0.1, 0.15) is 63.0 Å². The van der Waals surface area contributed by atoms with Gasteiger partial charge in [-0.2, -0.15) is 8.42 Å². The number of fused-ring (bicyclic) bond motifs is 2. The molecule has 1 amide bonds. The van der Waals surface area contributed by atoms with Crippen LogP contribution in [-0.2, 0) is 32.4 Å². The minimum absolute atomic E-state index is 0.0649. The Hall–Kier alpha value is -3.23. The number of nitrogens with one attached hydrogen (secondary N) is 1. The number of benzene rings is 2. The number of piperazine rings is 1. The van der Waals surface area contributed by atoms with E-state index in [1.54, 1.807) is 20.8 Å². The largest absolute Gasteiger partial charge is 0.443 e. The van der Waals surface area contributed by atoms with Crippen LogP contribution in [0.15, 0.2) is 36.4 Å². The number of hydrogen-bond donors (Lipinski definition) is 1. The Bertz CT molecular complexity index is 1810. The summed E-state index contributed by atoms with van der Waals surface area (Å²) in [6.45, 7) is 23.3. The van der Waals surface area contributed by atoms with Crippen molar-refractivity contribution in [2.45, 2.75) is 78.4 Å². The molecule has 262 valence electrons. The SMILES string of the molecule is CC(C)(C)OC(=O)n1c(-c2cc(OS(C)(=O)=O)cc3c2C(=O)NC3)cc2cc(CN3CCN(CCO[Si](C)(C)C(C)(C)C)CC3)ccc21. The minimum atomic E-state index is -3.84.